The number of hydrogen-bond donors (Lipinski definition) is 2. The highest BCUT2D eigenvalue weighted by atomic mass is 16.5. The van der Waals surface area contributed by atoms with Crippen molar-refractivity contribution in [2.45, 2.75) is 51.2 Å². The van der Waals surface area contributed by atoms with E-state index in [1.54, 1.807) is 6.92 Å². The summed E-state index contributed by atoms with van der Waals surface area (Å²) in [6.45, 7) is 4.85. The SMILES string of the molecule is CCOCCOC(C)C(=O)NC1(C(=O)O)CCCC1. The van der Waals surface area contributed by atoms with E-state index in [2.05, 4.69) is 5.32 Å². The van der Waals surface area contributed by atoms with Crippen molar-refractivity contribution in [1.29, 1.82) is 0 Å². The van der Waals surface area contributed by atoms with Gasteiger partial charge in [0.2, 0.25) is 5.91 Å². The molecule has 1 fully saturated rings. The number of carboxylic acids is 1. The second-order valence-corrected chi connectivity index (χ2v) is 4.79. The standard InChI is InChI=1S/C13H23NO5/c1-3-18-8-9-19-10(2)11(15)14-13(12(16)17)6-4-5-7-13/h10H,3-9H2,1-2H3,(H,14,15)(H,16,17). The van der Waals surface area contributed by atoms with Crippen LogP contribution in [0.5, 0.6) is 0 Å². The minimum Gasteiger partial charge on any atom is -0.480 e. The third-order valence-electron chi connectivity index (χ3n) is 3.40. The summed E-state index contributed by atoms with van der Waals surface area (Å²) in [7, 11) is 0. The lowest BCUT2D eigenvalue weighted by atomic mass is 9.97. The van der Waals surface area contributed by atoms with E-state index >= 15 is 0 Å². The fourth-order valence-electron chi connectivity index (χ4n) is 2.21. The molecule has 1 amide bonds. The molecule has 2 N–H and O–H groups in total. The summed E-state index contributed by atoms with van der Waals surface area (Å²) in [5.41, 5.74) is -1.10. The predicted molar refractivity (Wildman–Crippen MR) is 68.9 cm³/mol. The average Bonchev–Trinajstić information content (AvgIpc) is 2.84. The van der Waals surface area contributed by atoms with E-state index in [0.29, 0.717) is 32.7 Å². The Morgan fingerprint density at radius 1 is 1.32 bits per heavy atom. The highest BCUT2D eigenvalue weighted by Crippen LogP contribution is 2.30. The van der Waals surface area contributed by atoms with Crippen molar-refractivity contribution < 1.29 is 24.2 Å². The molecular formula is C13H23NO5. The van der Waals surface area contributed by atoms with Gasteiger partial charge < -0.3 is 19.9 Å². The monoisotopic (exact) mass is 273 g/mol. The molecule has 1 rings (SSSR count). The van der Waals surface area contributed by atoms with Crippen LogP contribution in [0.25, 0.3) is 0 Å². The van der Waals surface area contributed by atoms with Crippen LogP contribution in [0.15, 0.2) is 0 Å². The van der Waals surface area contributed by atoms with Gasteiger partial charge >= 0.3 is 5.97 Å². The van der Waals surface area contributed by atoms with Gasteiger partial charge in [-0.1, -0.05) is 12.8 Å². The summed E-state index contributed by atoms with van der Waals surface area (Å²) in [4.78, 5) is 23.2. The minimum atomic E-state index is -1.10. The molecule has 6 heteroatoms. The van der Waals surface area contributed by atoms with Gasteiger partial charge in [0.15, 0.2) is 0 Å². The van der Waals surface area contributed by atoms with Gasteiger partial charge in [0.1, 0.15) is 11.6 Å². The van der Waals surface area contributed by atoms with E-state index in [9.17, 15) is 14.7 Å². The molecule has 0 bridgehead atoms. The molecule has 0 radical (unpaired) electrons. The molecular weight excluding hydrogens is 250 g/mol. The highest BCUT2D eigenvalue weighted by Gasteiger charge is 2.43. The first kappa shape index (κ1) is 15.9. The lowest BCUT2D eigenvalue weighted by Gasteiger charge is -2.27. The summed E-state index contributed by atoms with van der Waals surface area (Å²) in [5, 5.41) is 11.9. The molecule has 0 aromatic heterocycles. The molecule has 0 aliphatic heterocycles. The minimum absolute atomic E-state index is 0.322. The summed E-state index contributed by atoms with van der Waals surface area (Å²) < 4.78 is 10.4. The van der Waals surface area contributed by atoms with E-state index in [1.165, 1.54) is 0 Å². The number of ether oxygens (including phenoxy) is 2. The van der Waals surface area contributed by atoms with Crippen molar-refractivity contribution in [2.75, 3.05) is 19.8 Å². The molecule has 0 spiro atoms. The molecule has 1 saturated carbocycles. The fourth-order valence-corrected chi connectivity index (χ4v) is 2.21. The van der Waals surface area contributed by atoms with Crippen LogP contribution in [-0.4, -0.2) is 48.4 Å². The maximum atomic E-state index is 11.9. The zero-order valence-electron chi connectivity index (χ0n) is 11.6. The number of carbonyl (C=O) groups is 2. The van der Waals surface area contributed by atoms with Crippen molar-refractivity contribution in [2.24, 2.45) is 0 Å². The van der Waals surface area contributed by atoms with Gasteiger partial charge in [-0.25, -0.2) is 4.79 Å². The molecule has 1 aliphatic rings. The van der Waals surface area contributed by atoms with Gasteiger partial charge in [-0.05, 0) is 26.7 Å². The van der Waals surface area contributed by atoms with E-state index in [0.717, 1.165) is 12.8 Å². The number of aliphatic carboxylic acids is 1. The first-order valence-electron chi connectivity index (χ1n) is 6.76. The van der Waals surface area contributed by atoms with Crippen LogP contribution in [0.4, 0.5) is 0 Å². The summed E-state index contributed by atoms with van der Waals surface area (Å²) >= 11 is 0. The van der Waals surface area contributed by atoms with E-state index in [1.807, 2.05) is 6.92 Å². The van der Waals surface area contributed by atoms with Crippen LogP contribution in [0.1, 0.15) is 39.5 Å². The fraction of sp³-hybridized carbons (Fsp3) is 0.846. The predicted octanol–water partition coefficient (Wildman–Crippen LogP) is 0.942. The molecule has 6 nitrogen and oxygen atoms in total. The van der Waals surface area contributed by atoms with Crippen LogP contribution >= 0.6 is 0 Å². The van der Waals surface area contributed by atoms with Crippen LogP contribution in [-0.2, 0) is 19.1 Å². The summed E-state index contributed by atoms with van der Waals surface area (Å²) in [5.74, 6) is -1.33. The molecule has 110 valence electrons. The van der Waals surface area contributed by atoms with E-state index < -0.39 is 17.6 Å². The normalized spacial score (nSPS) is 19.1. The average molecular weight is 273 g/mol. The molecule has 0 aromatic carbocycles. The zero-order valence-corrected chi connectivity index (χ0v) is 11.6. The van der Waals surface area contributed by atoms with Crippen LogP contribution in [0.3, 0.4) is 0 Å². The molecule has 1 atom stereocenters. The van der Waals surface area contributed by atoms with Gasteiger partial charge in [0.05, 0.1) is 13.2 Å². The summed E-state index contributed by atoms with van der Waals surface area (Å²) in [6.07, 6.45) is 1.95. The largest absolute Gasteiger partial charge is 0.480 e. The van der Waals surface area contributed by atoms with Crippen molar-refractivity contribution in [3.63, 3.8) is 0 Å². The second-order valence-electron chi connectivity index (χ2n) is 4.79. The first-order chi connectivity index (χ1) is 9.02. The lowest BCUT2D eigenvalue weighted by molar-refractivity contribution is -0.149. The Kier molecular flexibility index (Phi) is 6.24. The molecule has 1 aliphatic carbocycles. The molecule has 1 unspecified atom stereocenters. The number of carbonyl (C=O) groups excluding carboxylic acids is 1. The molecule has 19 heavy (non-hydrogen) atoms. The number of amides is 1. The zero-order chi connectivity index (χ0) is 14.3. The third kappa shape index (κ3) is 4.47. The number of carboxylic acid groups (broad SMARTS) is 1. The maximum absolute atomic E-state index is 11.9. The Balaban J connectivity index is 2.41. The van der Waals surface area contributed by atoms with E-state index in [-0.39, 0.29) is 5.91 Å². The Morgan fingerprint density at radius 2 is 1.95 bits per heavy atom. The van der Waals surface area contributed by atoms with Crippen molar-refractivity contribution in [3.05, 3.63) is 0 Å². The smallest absolute Gasteiger partial charge is 0.329 e. The van der Waals surface area contributed by atoms with Crippen LogP contribution in [0, 0.1) is 0 Å². The van der Waals surface area contributed by atoms with Crippen molar-refractivity contribution in [1.82, 2.24) is 5.32 Å². The van der Waals surface area contributed by atoms with Gasteiger partial charge in [-0.3, -0.25) is 4.79 Å². The quantitative estimate of drug-likeness (QED) is 0.643. The van der Waals surface area contributed by atoms with Gasteiger partial charge in [0, 0.05) is 6.61 Å². The summed E-state index contributed by atoms with van der Waals surface area (Å²) in [6, 6.07) is 0. The van der Waals surface area contributed by atoms with Crippen LogP contribution < -0.4 is 5.32 Å². The van der Waals surface area contributed by atoms with Crippen molar-refractivity contribution >= 4 is 11.9 Å². The van der Waals surface area contributed by atoms with Crippen molar-refractivity contribution in [3.8, 4) is 0 Å². The maximum Gasteiger partial charge on any atom is 0.329 e. The van der Waals surface area contributed by atoms with Gasteiger partial charge in [0.25, 0.3) is 0 Å². The molecule has 0 heterocycles. The van der Waals surface area contributed by atoms with Gasteiger partial charge in [-0.15, -0.1) is 0 Å². The highest BCUT2D eigenvalue weighted by molar-refractivity contribution is 5.89. The number of hydrogen-bond acceptors (Lipinski definition) is 4. The molecule has 0 saturated heterocycles. The Bertz CT molecular complexity index is 312. The third-order valence-corrected chi connectivity index (χ3v) is 3.40. The topological polar surface area (TPSA) is 84.9 Å². The molecule has 0 aromatic rings. The van der Waals surface area contributed by atoms with Crippen LogP contribution in [0.2, 0.25) is 0 Å². The Labute approximate surface area is 113 Å². The Hall–Kier alpha value is -1.14. The number of nitrogens with one attached hydrogen (secondary N) is 1. The Morgan fingerprint density at radius 3 is 2.47 bits per heavy atom. The van der Waals surface area contributed by atoms with Gasteiger partial charge in [-0.2, -0.15) is 0 Å². The van der Waals surface area contributed by atoms with E-state index in [4.69, 9.17) is 9.47 Å². The second kappa shape index (κ2) is 7.45. The number of rotatable bonds is 8. The first-order valence-corrected chi connectivity index (χ1v) is 6.76. The lowest BCUT2D eigenvalue weighted by Crippen LogP contribution is -2.55.